The van der Waals surface area contributed by atoms with Crippen LogP contribution in [-0.4, -0.2) is 54.9 Å². The summed E-state index contributed by atoms with van der Waals surface area (Å²) in [5.74, 6) is -0.350. The van der Waals surface area contributed by atoms with E-state index in [1.807, 2.05) is 44.6 Å². The Labute approximate surface area is 142 Å². The van der Waals surface area contributed by atoms with Gasteiger partial charge < -0.3 is 20.5 Å². The number of carbonyl (C=O) groups excluding carboxylic acids is 2. The number of aromatic amines is 1. The molecular weight excluding hydrogens is 304 g/mol. The zero-order chi connectivity index (χ0) is 17.5. The number of hydrogen-bond donors (Lipinski definition) is 3. The third-order valence-corrected chi connectivity index (χ3v) is 3.87. The highest BCUT2D eigenvalue weighted by molar-refractivity contribution is 5.89. The zero-order valence-electron chi connectivity index (χ0n) is 14.6. The fourth-order valence-corrected chi connectivity index (χ4v) is 2.71. The second-order valence-electron chi connectivity index (χ2n) is 6.26. The molecule has 6 heteroatoms. The first-order valence-corrected chi connectivity index (χ1v) is 8.22. The van der Waals surface area contributed by atoms with Gasteiger partial charge >= 0.3 is 0 Å². The fourth-order valence-electron chi connectivity index (χ4n) is 2.71. The van der Waals surface area contributed by atoms with Gasteiger partial charge in [0, 0.05) is 37.0 Å². The molecule has 0 spiro atoms. The third kappa shape index (κ3) is 5.09. The topological polar surface area (TPSA) is 77.2 Å². The summed E-state index contributed by atoms with van der Waals surface area (Å²) >= 11 is 0. The number of hydrogen-bond acceptors (Lipinski definition) is 3. The number of carbonyl (C=O) groups is 2. The minimum atomic E-state index is -0.568. The Morgan fingerprint density at radius 1 is 1.25 bits per heavy atom. The summed E-state index contributed by atoms with van der Waals surface area (Å²) in [6.07, 6.45) is 3.24. The van der Waals surface area contributed by atoms with Gasteiger partial charge in [-0.05, 0) is 38.7 Å². The first kappa shape index (κ1) is 18.0. The molecule has 1 unspecified atom stereocenters. The number of fused-ring (bicyclic) bond motifs is 1. The van der Waals surface area contributed by atoms with Gasteiger partial charge in [0.2, 0.25) is 11.8 Å². The Morgan fingerprint density at radius 2 is 2.00 bits per heavy atom. The lowest BCUT2D eigenvalue weighted by atomic mass is 10.0. The van der Waals surface area contributed by atoms with Gasteiger partial charge in [0.1, 0.15) is 6.04 Å². The van der Waals surface area contributed by atoms with E-state index in [0.717, 1.165) is 29.4 Å². The van der Waals surface area contributed by atoms with Gasteiger partial charge in [-0.25, -0.2) is 0 Å². The molecule has 1 aromatic carbocycles. The predicted molar refractivity (Wildman–Crippen MR) is 95.8 cm³/mol. The Kier molecular flexibility index (Phi) is 6.37. The molecule has 0 aliphatic heterocycles. The summed E-state index contributed by atoms with van der Waals surface area (Å²) in [5, 5.41) is 6.75. The molecule has 6 nitrogen and oxygen atoms in total. The van der Waals surface area contributed by atoms with E-state index in [1.54, 1.807) is 0 Å². The van der Waals surface area contributed by atoms with Crippen LogP contribution < -0.4 is 10.6 Å². The van der Waals surface area contributed by atoms with E-state index >= 15 is 0 Å². The van der Waals surface area contributed by atoms with Crippen molar-refractivity contribution in [2.75, 3.05) is 27.2 Å². The first-order valence-electron chi connectivity index (χ1n) is 8.22. The Balaban J connectivity index is 2.02. The highest BCUT2D eigenvalue weighted by atomic mass is 16.2. The monoisotopic (exact) mass is 330 g/mol. The molecular formula is C18H26N4O2. The van der Waals surface area contributed by atoms with Crippen molar-refractivity contribution in [3.63, 3.8) is 0 Å². The smallest absolute Gasteiger partial charge is 0.242 e. The molecule has 0 saturated carbocycles. The number of rotatable bonds is 8. The maximum atomic E-state index is 12.4. The van der Waals surface area contributed by atoms with Crippen molar-refractivity contribution in [2.24, 2.45) is 0 Å². The maximum absolute atomic E-state index is 12.4. The molecule has 1 heterocycles. The first-order chi connectivity index (χ1) is 11.5. The van der Waals surface area contributed by atoms with Gasteiger partial charge in [0.05, 0.1) is 0 Å². The van der Waals surface area contributed by atoms with E-state index in [9.17, 15) is 9.59 Å². The van der Waals surface area contributed by atoms with Crippen molar-refractivity contribution in [2.45, 2.75) is 25.8 Å². The van der Waals surface area contributed by atoms with Crippen LogP contribution in [0.1, 0.15) is 18.9 Å². The van der Waals surface area contributed by atoms with Crippen molar-refractivity contribution in [3.05, 3.63) is 36.0 Å². The molecule has 24 heavy (non-hydrogen) atoms. The summed E-state index contributed by atoms with van der Waals surface area (Å²) in [4.78, 5) is 29.2. The van der Waals surface area contributed by atoms with E-state index < -0.39 is 6.04 Å². The molecule has 1 aromatic heterocycles. The molecule has 2 rings (SSSR count). The van der Waals surface area contributed by atoms with E-state index in [1.165, 1.54) is 6.92 Å². The molecule has 3 N–H and O–H groups in total. The zero-order valence-corrected chi connectivity index (χ0v) is 14.6. The Morgan fingerprint density at radius 3 is 2.71 bits per heavy atom. The molecule has 1 atom stereocenters. The van der Waals surface area contributed by atoms with E-state index in [2.05, 4.69) is 20.5 Å². The molecule has 0 aliphatic carbocycles. The number of H-pyrrole nitrogens is 1. The minimum absolute atomic E-state index is 0.144. The molecule has 2 amide bonds. The van der Waals surface area contributed by atoms with Crippen molar-refractivity contribution >= 4 is 22.7 Å². The van der Waals surface area contributed by atoms with Crippen LogP contribution in [0, 0.1) is 0 Å². The van der Waals surface area contributed by atoms with E-state index in [-0.39, 0.29) is 11.8 Å². The summed E-state index contributed by atoms with van der Waals surface area (Å²) in [7, 11) is 4.00. The molecule has 0 fully saturated rings. The molecule has 2 aromatic rings. The third-order valence-electron chi connectivity index (χ3n) is 3.87. The Bertz CT molecular complexity index is 693. The second kappa shape index (κ2) is 8.49. The lowest BCUT2D eigenvalue weighted by molar-refractivity contribution is -0.128. The van der Waals surface area contributed by atoms with E-state index in [0.29, 0.717) is 13.0 Å². The van der Waals surface area contributed by atoms with Gasteiger partial charge in [-0.3, -0.25) is 9.59 Å². The minimum Gasteiger partial charge on any atom is -0.361 e. The summed E-state index contributed by atoms with van der Waals surface area (Å²) < 4.78 is 0. The van der Waals surface area contributed by atoms with Gasteiger partial charge in [-0.1, -0.05) is 18.2 Å². The number of nitrogens with one attached hydrogen (secondary N) is 3. The molecule has 0 saturated heterocycles. The molecule has 0 bridgehead atoms. The van der Waals surface area contributed by atoms with Crippen molar-refractivity contribution in [3.8, 4) is 0 Å². The normalized spacial score (nSPS) is 12.3. The lowest BCUT2D eigenvalue weighted by Crippen LogP contribution is -2.47. The van der Waals surface area contributed by atoms with Crippen LogP contribution in [0.25, 0.3) is 10.9 Å². The van der Waals surface area contributed by atoms with Crippen LogP contribution >= 0.6 is 0 Å². The average molecular weight is 330 g/mol. The summed E-state index contributed by atoms with van der Waals surface area (Å²) in [5.41, 5.74) is 2.05. The quantitative estimate of drug-likeness (QED) is 0.638. The fraction of sp³-hybridized carbons (Fsp3) is 0.444. The van der Waals surface area contributed by atoms with Gasteiger partial charge in [0.25, 0.3) is 0 Å². The second-order valence-corrected chi connectivity index (χ2v) is 6.26. The van der Waals surface area contributed by atoms with Crippen molar-refractivity contribution in [1.29, 1.82) is 0 Å². The largest absolute Gasteiger partial charge is 0.361 e. The molecule has 0 radical (unpaired) electrons. The van der Waals surface area contributed by atoms with Crippen LogP contribution in [0.15, 0.2) is 30.5 Å². The predicted octanol–water partition coefficient (Wildman–Crippen LogP) is 1.28. The lowest BCUT2D eigenvalue weighted by Gasteiger charge is -2.18. The SMILES string of the molecule is CC(=O)NC(Cc1c[nH]c2ccccc12)C(=O)NCCCN(C)C. The van der Waals surface area contributed by atoms with Gasteiger partial charge in [-0.15, -0.1) is 0 Å². The van der Waals surface area contributed by atoms with Crippen molar-refractivity contribution in [1.82, 2.24) is 20.5 Å². The van der Waals surface area contributed by atoms with Crippen LogP contribution in [0.2, 0.25) is 0 Å². The van der Waals surface area contributed by atoms with Crippen molar-refractivity contribution < 1.29 is 9.59 Å². The van der Waals surface area contributed by atoms with E-state index in [4.69, 9.17) is 0 Å². The van der Waals surface area contributed by atoms with Crippen LogP contribution in [0.5, 0.6) is 0 Å². The molecule has 0 aliphatic rings. The number of nitrogens with zero attached hydrogens (tertiary/aromatic N) is 1. The number of aromatic nitrogens is 1. The number of benzene rings is 1. The maximum Gasteiger partial charge on any atom is 0.242 e. The number of para-hydroxylation sites is 1. The Hall–Kier alpha value is -2.34. The highest BCUT2D eigenvalue weighted by Gasteiger charge is 2.21. The standard InChI is InChI=1S/C18H26N4O2/c1-13(23)21-17(18(24)19-9-6-10-22(2)3)11-14-12-20-16-8-5-4-7-15(14)16/h4-5,7-8,12,17,20H,6,9-11H2,1-3H3,(H,19,24)(H,21,23). The van der Waals surface area contributed by atoms with Crippen LogP contribution in [0.3, 0.4) is 0 Å². The van der Waals surface area contributed by atoms with Crippen LogP contribution in [-0.2, 0) is 16.0 Å². The highest BCUT2D eigenvalue weighted by Crippen LogP contribution is 2.19. The van der Waals surface area contributed by atoms with Crippen LogP contribution in [0.4, 0.5) is 0 Å². The number of amides is 2. The molecule has 130 valence electrons. The average Bonchev–Trinajstić information content (AvgIpc) is 2.93. The summed E-state index contributed by atoms with van der Waals surface area (Å²) in [6.45, 7) is 2.94. The van der Waals surface area contributed by atoms with Gasteiger partial charge in [0.15, 0.2) is 0 Å². The van der Waals surface area contributed by atoms with Gasteiger partial charge in [-0.2, -0.15) is 0 Å². The summed E-state index contributed by atoms with van der Waals surface area (Å²) in [6, 6.07) is 7.37.